The molecule has 1 aromatic carbocycles. The Morgan fingerprint density at radius 2 is 1.97 bits per heavy atom. The molecule has 0 unspecified atom stereocenters. The Bertz CT molecular complexity index is 1010. The Kier molecular flexibility index (Phi) is 6.80. The van der Waals surface area contributed by atoms with Crippen LogP contribution in [0.15, 0.2) is 18.2 Å². The summed E-state index contributed by atoms with van der Waals surface area (Å²) in [6.45, 7) is 4.93. The molecule has 3 heterocycles. The summed E-state index contributed by atoms with van der Waals surface area (Å²) in [5.74, 6) is 0.370. The van der Waals surface area contributed by atoms with Crippen LogP contribution in [0, 0.1) is 5.92 Å². The lowest BCUT2D eigenvalue weighted by Gasteiger charge is -2.51. The predicted molar refractivity (Wildman–Crippen MR) is 123 cm³/mol. The van der Waals surface area contributed by atoms with Crippen LogP contribution in [-0.4, -0.2) is 70.3 Å². The minimum absolute atomic E-state index is 0.0103. The Balaban J connectivity index is 1.50. The summed E-state index contributed by atoms with van der Waals surface area (Å²) in [6.07, 6.45) is 6.33. The third-order valence-electron chi connectivity index (χ3n) is 7.19. The summed E-state index contributed by atoms with van der Waals surface area (Å²) in [7, 11) is -6.71. The maximum atomic E-state index is 13.2. The number of nitrogens with zero attached hydrogens (tertiary/aromatic N) is 2. The fourth-order valence-electron chi connectivity index (χ4n) is 5.66. The van der Waals surface area contributed by atoms with Gasteiger partial charge in [0.25, 0.3) is 0 Å². The van der Waals surface area contributed by atoms with Crippen molar-refractivity contribution in [1.29, 1.82) is 0 Å². The SMILES string of the molecule is CCc1ccc2c(c1)CCN1C[C@H]3CCCN(S(=O)(=O)CCCNS(C)(=O)=O)[C@H]3C[C@@H]21. The first-order valence-electron chi connectivity index (χ1n) is 11.5. The van der Waals surface area contributed by atoms with E-state index in [2.05, 4.69) is 34.7 Å². The first-order valence-corrected chi connectivity index (χ1v) is 15.0. The zero-order valence-electron chi connectivity index (χ0n) is 18.6. The van der Waals surface area contributed by atoms with Gasteiger partial charge >= 0.3 is 0 Å². The topological polar surface area (TPSA) is 86.8 Å². The van der Waals surface area contributed by atoms with Gasteiger partial charge in [-0.1, -0.05) is 25.1 Å². The summed E-state index contributed by atoms with van der Waals surface area (Å²) in [4.78, 5) is 2.57. The predicted octanol–water partition coefficient (Wildman–Crippen LogP) is 1.90. The van der Waals surface area contributed by atoms with E-state index in [1.54, 1.807) is 4.31 Å². The molecule has 3 aliphatic heterocycles. The van der Waals surface area contributed by atoms with Crippen LogP contribution in [0.4, 0.5) is 0 Å². The fraction of sp³-hybridized carbons (Fsp3) is 0.727. The number of piperidine rings is 2. The summed E-state index contributed by atoms with van der Waals surface area (Å²) in [5, 5.41) is 0. The molecule has 0 aromatic heterocycles. The van der Waals surface area contributed by atoms with Crippen LogP contribution in [0.5, 0.6) is 0 Å². The molecule has 1 aromatic rings. The Labute approximate surface area is 187 Å². The Morgan fingerprint density at radius 1 is 1.16 bits per heavy atom. The molecule has 0 aliphatic carbocycles. The van der Waals surface area contributed by atoms with Gasteiger partial charge < -0.3 is 0 Å². The van der Waals surface area contributed by atoms with Gasteiger partial charge in [0.1, 0.15) is 0 Å². The van der Waals surface area contributed by atoms with Crippen LogP contribution < -0.4 is 4.72 Å². The zero-order valence-corrected chi connectivity index (χ0v) is 20.2. The Morgan fingerprint density at radius 3 is 2.71 bits per heavy atom. The Hall–Kier alpha value is -1.00. The smallest absolute Gasteiger partial charge is 0.214 e. The van der Waals surface area contributed by atoms with Crippen LogP contribution in [-0.2, 0) is 32.9 Å². The minimum atomic E-state index is -3.42. The molecule has 1 N–H and O–H groups in total. The van der Waals surface area contributed by atoms with Crippen LogP contribution in [0.25, 0.3) is 0 Å². The van der Waals surface area contributed by atoms with E-state index in [4.69, 9.17) is 0 Å². The number of hydrogen-bond donors (Lipinski definition) is 1. The lowest BCUT2D eigenvalue weighted by Crippen LogP contribution is -2.57. The fourth-order valence-corrected chi connectivity index (χ4v) is 8.00. The van der Waals surface area contributed by atoms with E-state index in [-0.39, 0.29) is 18.3 Å². The van der Waals surface area contributed by atoms with E-state index in [9.17, 15) is 16.8 Å². The summed E-state index contributed by atoms with van der Waals surface area (Å²) in [6, 6.07) is 7.16. The van der Waals surface area contributed by atoms with Gasteiger partial charge in [-0.2, -0.15) is 4.31 Å². The maximum Gasteiger partial charge on any atom is 0.214 e. The summed E-state index contributed by atoms with van der Waals surface area (Å²) < 4.78 is 53.0. The number of sulfonamides is 2. The van der Waals surface area contributed by atoms with E-state index < -0.39 is 20.0 Å². The first kappa shape index (κ1) is 23.2. The van der Waals surface area contributed by atoms with Gasteiger partial charge in [-0.25, -0.2) is 21.6 Å². The number of nitrogens with one attached hydrogen (secondary N) is 1. The van der Waals surface area contributed by atoms with Crippen LogP contribution >= 0.6 is 0 Å². The number of benzene rings is 1. The molecule has 3 atom stereocenters. The van der Waals surface area contributed by atoms with Crippen LogP contribution in [0.1, 0.15) is 55.3 Å². The monoisotopic (exact) mass is 469 g/mol. The highest BCUT2D eigenvalue weighted by Gasteiger charge is 2.45. The largest absolute Gasteiger partial charge is 0.296 e. The lowest BCUT2D eigenvalue weighted by atomic mass is 9.77. The van der Waals surface area contributed by atoms with Crippen molar-refractivity contribution in [3.8, 4) is 0 Å². The molecular formula is C22H35N3O4S2. The highest BCUT2D eigenvalue weighted by molar-refractivity contribution is 7.89. The van der Waals surface area contributed by atoms with Crippen molar-refractivity contribution < 1.29 is 16.8 Å². The number of rotatable bonds is 7. The molecule has 7 nitrogen and oxygen atoms in total. The highest BCUT2D eigenvalue weighted by Crippen LogP contribution is 2.43. The average molecular weight is 470 g/mol. The van der Waals surface area contributed by atoms with E-state index in [0.717, 1.165) is 51.4 Å². The van der Waals surface area contributed by atoms with Gasteiger partial charge in [0.2, 0.25) is 20.0 Å². The van der Waals surface area contributed by atoms with E-state index >= 15 is 0 Å². The summed E-state index contributed by atoms with van der Waals surface area (Å²) in [5.41, 5.74) is 4.17. The second kappa shape index (κ2) is 9.09. The third-order valence-corrected chi connectivity index (χ3v) is 9.89. The van der Waals surface area contributed by atoms with E-state index in [1.807, 2.05) is 0 Å². The normalized spacial score (nSPS) is 27.4. The van der Waals surface area contributed by atoms with Gasteiger partial charge in [-0.15, -0.1) is 0 Å². The minimum Gasteiger partial charge on any atom is -0.296 e. The van der Waals surface area contributed by atoms with Gasteiger partial charge in [-0.3, -0.25) is 4.90 Å². The molecule has 0 spiro atoms. The van der Waals surface area contributed by atoms with Gasteiger partial charge in [0.05, 0.1) is 12.0 Å². The van der Waals surface area contributed by atoms with Gasteiger partial charge in [-0.05, 0) is 61.1 Å². The second-order valence-corrected chi connectivity index (χ2v) is 13.2. The molecule has 31 heavy (non-hydrogen) atoms. The summed E-state index contributed by atoms with van der Waals surface area (Å²) >= 11 is 0. The van der Waals surface area contributed by atoms with E-state index in [0.29, 0.717) is 24.9 Å². The molecule has 2 saturated heterocycles. The van der Waals surface area contributed by atoms with Gasteiger partial charge in [0, 0.05) is 38.3 Å². The molecule has 9 heteroatoms. The van der Waals surface area contributed by atoms with Gasteiger partial charge in [0.15, 0.2) is 0 Å². The second-order valence-electron chi connectivity index (χ2n) is 9.30. The quantitative estimate of drug-likeness (QED) is 0.617. The highest BCUT2D eigenvalue weighted by atomic mass is 32.2. The molecule has 0 radical (unpaired) electrons. The van der Waals surface area contributed by atoms with Crippen molar-refractivity contribution in [3.05, 3.63) is 34.9 Å². The van der Waals surface area contributed by atoms with Crippen molar-refractivity contribution in [2.75, 3.05) is 38.2 Å². The first-order chi connectivity index (χ1) is 14.7. The number of hydrogen-bond acceptors (Lipinski definition) is 5. The number of fused-ring (bicyclic) bond motifs is 4. The van der Waals surface area contributed by atoms with Crippen molar-refractivity contribution in [2.24, 2.45) is 5.92 Å². The average Bonchev–Trinajstić information content (AvgIpc) is 2.73. The maximum absolute atomic E-state index is 13.2. The lowest BCUT2D eigenvalue weighted by molar-refractivity contribution is 0.0220. The van der Waals surface area contributed by atoms with Crippen molar-refractivity contribution in [2.45, 2.75) is 57.5 Å². The van der Waals surface area contributed by atoms with Crippen LogP contribution in [0.3, 0.4) is 0 Å². The van der Waals surface area contributed by atoms with Crippen molar-refractivity contribution >= 4 is 20.0 Å². The molecule has 0 amide bonds. The van der Waals surface area contributed by atoms with Crippen molar-refractivity contribution in [3.63, 3.8) is 0 Å². The zero-order chi connectivity index (χ0) is 22.2. The standard InChI is InChI=1S/C22H35N3O4S2/c1-3-17-7-8-20-18(14-17)9-12-24-16-19-6-4-11-25(21(19)15-22(20)24)31(28,29)13-5-10-23-30(2,26)27/h7-8,14,19,21-23H,3-6,9-13,15-16H2,1-2H3/t19-,21+,22+/m1/s1. The third kappa shape index (κ3) is 5.16. The molecule has 4 rings (SSSR count). The number of aryl methyl sites for hydroxylation is 1. The molecule has 0 bridgehead atoms. The molecule has 3 aliphatic rings. The molecular weight excluding hydrogens is 434 g/mol. The molecule has 0 saturated carbocycles. The molecule has 2 fully saturated rings. The van der Waals surface area contributed by atoms with Crippen LogP contribution in [0.2, 0.25) is 0 Å². The van der Waals surface area contributed by atoms with E-state index in [1.165, 1.54) is 16.7 Å². The molecule has 174 valence electrons. The van der Waals surface area contributed by atoms with Crippen molar-refractivity contribution in [1.82, 2.24) is 13.9 Å².